The smallest absolute Gasteiger partial charge is 0.293 e. The third-order valence-corrected chi connectivity index (χ3v) is 6.71. The fraction of sp³-hybridized carbons (Fsp3) is 0.304. The van der Waals surface area contributed by atoms with Crippen LogP contribution in [0, 0.1) is 5.82 Å². The molecular formula is C23H23FN6O2S. The van der Waals surface area contributed by atoms with Gasteiger partial charge in [-0.3, -0.25) is 4.79 Å². The Hall–Kier alpha value is -3.53. The van der Waals surface area contributed by atoms with Crippen LogP contribution in [-0.4, -0.2) is 52.3 Å². The van der Waals surface area contributed by atoms with E-state index in [1.807, 2.05) is 34.0 Å². The molecule has 0 N–H and O–H groups in total. The van der Waals surface area contributed by atoms with Gasteiger partial charge in [0.1, 0.15) is 17.7 Å². The minimum Gasteiger partial charge on any atom is -0.463 e. The van der Waals surface area contributed by atoms with Crippen LogP contribution in [-0.2, 0) is 16.0 Å². The maximum Gasteiger partial charge on any atom is 0.293 e. The van der Waals surface area contributed by atoms with Crippen molar-refractivity contribution >= 4 is 40.2 Å². The summed E-state index contributed by atoms with van der Waals surface area (Å²) in [4.78, 5) is 24.3. The van der Waals surface area contributed by atoms with E-state index in [-0.39, 0.29) is 11.9 Å². The number of fused-ring (bicyclic) bond motifs is 1. The van der Waals surface area contributed by atoms with E-state index in [2.05, 4.69) is 11.8 Å². The zero-order valence-electron chi connectivity index (χ0n) is 18.3. The second-order valence-corrected chi connectivity index (χ2v) is 8.70. The van der Waals surface area contributed by atoms with E-state index < -0.39 is 0 Å². The Kier molecular flexibility index (Phi) is 5.67. The number of hydrogen-bond donors (Lipinski definition) is 0. The van der Waals surface area contributed by atoms with Crippen molar-refractivity contribution in [2.75, 3.05) is 29.9 Å². The molecule has 1 aromatic carbocycles. The van der Waals surface area contributed by atoms with Gasteiger partial charge in [0.05, 0.1) is 17.9 Å². The van der Waals surface area contributed by atoms with Gasteiger partial charge in [-0.1, -0.05) is 6.92 Å². The molecule has 0 aliphatic carbocycles. The molecule has 1 aliphatic heterocycles. The first-order valence-corrected chi connectivity index (χ1v) is 11.6. The minimum atomic E-state index is -0.270. The van der Waals surface area contributed by atoms with E-state index in [1.165, 1.54) is 23.5 Å². The van der Waals surface area contributed by atoms with E-state index in [9.17, 15) is 9.18 Å². The number of anilines is 3. The molecular weight excluding hydrogens is 443 g/mol. The van der Waals surface area contributed by atoms with Gasteiger partial charge < -0.3 is 14.5 Å². The summed E-state index contributed by atoms with van der Waals surface area (Å²) in [7, 11) is 1.95. The molecule has 1 saturated heterocycles. The lowest BCUT2D eigenvalue weighted by Crippen LogP contribution is -2.24. The summed E-state index contributed by atoms with van der Waals surface area (Å²) in [5.74, 6) is 1.39. The monoisotopic (exact) mass is 466 g/mol. The van der Waals surface area contributed by atoms with E-state index in [0.29, 0.717) is 13.0 Å². The van der Waals surface area contributed by atoms with Crippen molar-refractivity contribution in [1.82, 2.24) is 19.6 Å². The normalized spacial score (nSPS) is 15.8. The molecule has 1 atom stereocenters. The molecule has 1 unspecified atom stereocenters. The van der Waals surface area contributed by atoms with Crippen LogP contribution < -0.4 is 9.80 Å². The van der Waals surface area contributed by atoms with Crippen LogP contribution in [0.25, 0.3) is 16.9 Å². The number of aryl methyl sites for hydroxylation is 1. The van der Waals surface area contributed by atoms with Crippen molar-refractivity contribution in [2.45, 2.75) is 25.9 Å². The molecule has 0 bridgehead atoms. The summed E-state index contributed by atoms with van der Waals surface area (Å²) in [6.07, 6.45) is 1.41. The summed E-state index contributed by atoms with van der Waals surface area (Å²) in [6, 6.07) is 10.2. The third-order valence-electron chi connectivity index (χ3n) is 5.80. The van der Waals surface area contributed by atoms with Gasteiger partial charge in [0.2, 0.25) is 0 Å². The molecule has 10 heteroatoms. The lowest BCUT2D eigenvalue weighted by Gasteiger charge is -2.19. The van der Waals surface area contributed by atoms with Crippen molar-refractivity contribution in [3.8, 4) is 11.3 Å². The highest BCUT2D eigenvalue weighted by Crippen LogP contribution is 2.34. The summed E-state index contributed by atoms with van der Waals surface area (Å²) in [6.45, 7) is 3.96. The minimum absolute atomic E-state index is 0.115. The lowest BCUT2D eigenvalue weighted by atomic mass is 10.2. The molecule has 0 radical (unpaired) electrons. The van der Waals surface area contributed by atoms with Gasteiger partial charge in [0, 0.05) is 31.0 Å². The topological polar surface area (TPSA) is 75.9 Å². The Morgan fingerprint density at radius 1 is 1.24 bits per heavy atom. The van der Waals surface area contributed by atoms with Gasteiger partial charge in [-0.15, -0.1) is 16.4 Å². The predicted molar refractivity (Wildman–Crippen MR) is 126 cm³/mol. The van der Waals surface area contributed by atoms with Crippen LogP contribution in [0.15, 0.2) is 41.8 Å². The summed E-state index contributed by atoms with van der Waals surface area (Å²) < 4.78 is 20.3. The molecule has 1 fully saturated rings. The largest absolute Gasteiger partial charge is 0.463 e. The van der Waals surface area contributed by atoms with E-state index in [1.54, 1.807) is 12.1 Å². The number of rotatable bonds is 7. The molecule has 3 aromatic heterocycles. The number of halogens is 1. The number of carbonyl (C=O) groups excluding carboxylic acids is 1. The first-order valence-electron chi connectivity index (χ1n) is 10.7. The van der Waals surface area contributed by atoms with Crippen LogP contribution in [0.5, 0.6) is 0 Å². The van der Waals surface area contributed by atoms with Crippen molar-refractivity contribution in [2.24, 2.45) is 0 Å². The highest BCUT2D eigenvalue weighted by molar-refractivity contribution is 7.14. The SMILES string of the molecule is CCc1nc2ccc(N3CCC(OC=O)C3)nn2c1N(C)c1nc(-c2ccc(F)cc2)cs1. The number of ether oxygens (including phenoxy) is 1. The summed E-state index contributed by atoms with van der Waals surface area (Å²) in [5.41, 5.74) is 3.33. The van der Waals surface area contributed by atoms with Gasteiger partial charge in [-0.25, -0.2) is 14.4 Å². The number of aromatic nitrogens is 4. The number of thiazole rings is 1. The molecule has 0 spiro atoms. The van der Waals surface area contributed by atoms with Gasteiger partial charge in [-0.2, -0.15) is 4.52 Å². The van der Waals surface area contributed by atoms with Crippen molar-refractivity contribution in [1.29, 1.82) is 0 Å². The second-order valence-electron chi connectivity index (χ2n) is 7.87. The van der Waals surface area contributed by atoms with Gasteiger partial charge in [0.25, 0.3) is 6.47 Å². The number of nitrogens with zero attached hydrogens (tertiary/aromatic N) is 6. The zero-order valence-corrected chi connectivity index (χ0v) is 19.1. The van der Waals surface area contributed by atoms with E-state index >= 15 is 0 Å². The Morgan fingerprint density at radius 3 is 2.82 bits per heavy atom. The molecule has 170 valence electrons. The first kappa shape index (κ1) is 21.3. The van der Waals surface area contributed by atoms with E-state index in [4.69, 9.17) is 19.8 Å². The maximum absolute atomic E-state index is 13.3. The highest BCUT2D eigenvalue weighted by Gasteiger charge is 2.26. The van der Waals surface area contributed by atoms with Crippen molar-refractivity contribution in [3.05, 3.63) is 53.3 Å². The third kappa shape index (κ3) is 4.02. The summed E-state index contributed by atoms with van der Waals surface area (Å²) >= 11 is 1.51. The van der Waals surface area contributed by atoms with E-state index in [0.717, 1.165) is 58.8 Å². The Balaban J connectivity index is 1.49. The predicted octanol–water partition coefficient (Wildman–Crippen LogP) is 4.07. The molecule has 8 nitrogen and oxygen atoms in total. The molecule has 0 amide bonds. The second kappa shape index (κ2) is 8.78. The van der Waals surface area contributed by atoms with Crippen LogP contribution in [0.3, 0.4) is 0 Å². The fourth-order valence-corrected chi connectivity index (χ4v) is 4.89. The number of carbonyl (C=O) groups is 1. The Bertz CT molecular complexity index is 1290. The standard InChI is InChI=1S/C23H23FN6O2S/c1-3-18-22(28(2)23-26-19(13-33-23)15-4-6-16(24)7-5-15)30-20(25-18)8-9-21(27-30)29-11-10-17(12-29)32-14-31/h4-9,13-14,17H,3,10-12H2,1-2H3. The molecule has 1 aliphatic rings. The van der Waals surface area contributed by atoms with Gasteiger partial charge >= 0.3 is 0 Å². The van der Waals surface area contributed by atoms with Gasteiger partial charge in [-0.05, 0) is 42.8 Å². The molecule has 0 saturated carbocycles. The van der Waals surface area contributed by atoms with Crippen LogP contribution in [0.4, 0.5) is 21.2 Å². The molecule has 4 heterocycles. The van der Waals surface area contributed by atoms with Crippen molar-refractivity contribution in [3.63, 3.8) is 0 Å². The summed E-state index contributed by atoms with van der Waals surface area (Å²) in [5, 5.41) is 7.62. The maximum atomic E-state index is 13.3. The average Bonchev–Trinajstić information content (AvgIpc) is 3.57. The molecule has 33 heavy (non-hydrogen) atoms. The average molecular weight is 467 g/mol. The molecule has 4 aromatic rings. The fourth-order valence-electron chi connectivity index (χ4n) is 4.09. The Labute approximate surface area is 194 Å². The number of imidazole rings is 1. The Morgan fingerprint density at radius 2 is 2.06 bits per heavy atom. The van der Waals surface area contributed by atoms with Crippen LogP contribution in [0.1, 0.15) is 19.0 Å². The highest BCUT2D eigenvalue weighted by atomic mass is 32.1. The molecule has 5 rings (SSSR count). The quantitative estimate of drug-likeness (QED) is 0.380. The first-order chi connectivity index (χ1) is 16.1. The number of hydrogen-bond acceptors (Lipinski definition) is 8. The number of benzene rings is 1. The van der Waals surface area contributed by atoms with Gasteiger partial charge in [0.15, 0.2) is 16.6 Å². The van der Waals surface area contributed by atoms with Crippen LogP contribution in [0.2, 0.25) is 0 Å². The lowest BCUT2D eigenvalue weighted by molar-refractivity contribution is -0.132. The van der Waals surface area contributed by atoms with Crippen LogP contribution >= 0.6 is 11.3 Å². The zero-order chi connectivity index (χ0) is 22.9. The van der Waals surface area contributed by atoms with Crippen molar-refractivity contribution < 1.29 is 13.9 Å².